The van der Waals surface area contributed by atoms with Crippen molar-refractivity contribution in [2.75, 3.05) is 18.1 Å². The van der Waals surface area contributed by atoms with Crippen LogP contribution in [0.15, 0.2) is 35.6 Å². The van der Waals surface area contributed by atoms with E-state index in [4.69, 9.17) is 0 Å². The van der Waals surface area contributed by atoms with Crippen LogP contribution >= 0.6 is 0 Å². The molecule has 10 heteroatoms. The van der Waals surface area contributed by atoms with Gasteiger partial charge in [-0.2, -0.15) is 5.10 Å². The van der Waals surface area contributed by atoms with Gasteiger partial charge in [-0.1, -0.05) is 0 Å². The molecule has 0 radical (unpaired) electrons. The van der Waals surface area contributed by atoms with Crippen molar-refractivity contribution in [1.82, 2.24) is 14.9 Å². The first-order valence-electron chi connectivity index (χ1n) is 9.45. The lowest BCUT2D eigenvalue weighted by atomic mass is 10.1. The minimum atomic E-state index is -3.16. The third-order valence-corrected chi connectivity index (χ3v) is 7.00. The molecule has 1 unspecified atom stereocenters. The van der Waals surface area contributed by atoms with E-state index in [-0.39, 0.29) is 47.7 Å². The lowest BCUT2D eigenvalue weighted by Gasteiger charge is -2.27. The van der Waals surface area contributed by atoms with Gasteiger partial charge in [0.05, 0.1) is 17.5 Å². The number of hydrazone groups is 1. The largest absolute Gasteiger partial charge is 0.349 e. The molecule has 154 valence electrons. The summed E-state index contributed by atoms with van der Waals surface area (Å²) in [4.78, 5) is 24.6. The number of carbonyl (C=O) groups is 2. The minimum absolute atomic E-state index is 0.0349. The van der Waals surface area contributed by atoms with Crippen LogP contribution in [0.4, 0.5) is 4.39 Å². The van der Waals surface area contributed by atoms with Crippen molar-refractivity contribution >= 4 is 38.3 Å². The van der Waals surface area contributed by atoms with Crippen molar-refractivity contribution in [3.05, 3.63) is 36.3 Å². The molecule has 1 aromatic heterocycles. The molecule has 1 atom stereocenters. The van der Waals surface area contributed by atoms with E-state index in [0.717, 1.165) is 10.9 Å². The van der Waals surface area contributed by atoms with Crippen LogP contribution in [0.25, 0.3) is 10.9 Å². The van der Waals surface area contributed by atoms with Crippen molar-refractivity contribution in [2.24, 2.45) is 5.10 Å². The van der Waals surface area contributed by atoms with Crippen molar-refractivity contribution in [3.8, 4) is 0 Å². The zero-order chi connectivity index (χ0) is 20.6. The molecule has 0 spiro atoms. The first-order chi connectivity index (χ1) is 13.8. The molecule has 1 N–H and O–H groups in total. The van der Waals surface area contributed by atoms with Crippen LogP contribution in [0, 0.1) is 5.82 Å². The summed E-state index contributed by atoms with van der Waals surface area (Å²) in [5.74, 6) is -1.00. The maximum Gasteiger partial charge on any atom is 0.267 e. The molecule has 29 heavy (non-hydrogen) atoms. The molecule has 0 saturated carbocycles. The lowest BCUT2D eigenvalue weighted by Crippen LogP contribution is -2.44. The van der Waals surface area contributed by atoms with Gasteiger partial charge in [0.1, 0.15) is 11.5 Å². The summed E-state index contributed by atoms with van der Waals surface area (Å²) in [5, 5.41) is 8.91. The Hall–Kier alpha value is -2.75. The second-order valence-electron chi connectivity index (χ2n) is 7.31. The number of fused-ring (bicyclic) bond motifs is 1. The third kappa shape index (κ3) is 4.16. The van der Waals surface area contributed by atoms with E-state index in [1.165, 1.54) is 17.1 Å². The van der Waals surface area contributed by atoms with Crippen LogP contribution in [-0.4, -0.2) is 59.6 Å². The SMILES string of the molecule is O=C(NCCn1ccc2cc(F)ccc21)C1=NN(C2CCS(=O)(=O)C2)C(=O)CC1. The highest BCUT2D eigenvalue weighted by molar-refractivity contribution is 7.91. The molecule has 2 aliphatic rings. The van der Waals surface area contributed by atoms with E-state index in [0.29, 0.717) is 19.5 Å². The first kappa shape index (κ1) is 19.6. The maximum atomic E-state index is 13.3. The van der Waals surface area contributed by atoms with Crippen LogP contribution in [-0.2, 0) is 26.0 Å². The van der Waals surface area contributed by atoms with Gasteiger partial charge in [0.2, 0.25) is 5.91 Å². The summed E-state index contributed by atoms with van der Waals surface area (Å²) in [6.07, 6.45) is 2.53. The second-order valence-corrected chi connectivity index (χ2v) is 9.54. The Morgan fingerprint density at radius 3 is 2.86 bits per heavy atom. The van der Waals surface area contributed by atoms with Gasteiger partial charge >= 0.3 is 0 Å². The van der Waals surface area contributed by atoms with E-state index in [1.54, 1.807) is 6.07 Å². The van der Waals surface area contributed by atoms with Crippen molar-refractivity contribution in [1.29, 1.82) is 0 Å². The standard InChI is InChI=1S/C19H21FN4O4S/c20-14-1-3-17-13(11-14)5-8-23(17)9-7-21-19(26)16-2-4-18(25)24(22-16)15-6-10-29(27,28)12-15/h1,3,5,8,11,15H,2,4,6-7,9-10,12H2,(H,21,26). The first-order valence-corrected chi connectivity index (χ1v) is 11.3. The van der Waals surface area contributed by atoms with Gasteiger partial charge in [0, 0.05) is 43.0 Å². The highest BCUT2D eigenvalue weighted by Crippen LogP contribution is 2.22. The molecule has 4 rings (SSSR count). The number of sulfone groups is 1. The quantitative estimate of drug-likeness (QED) is 0.782. The summed E-state index contributed by atoms with van der Waals surface area (Å²) >= 11 is 0. The Kier molecular flexibility index (Phi) is 5.12. The lowest BCUT2D eigenvalue weighted by molar-refractivity contribution is -0.133. The van der Waals surface area contributed by atoms with Gasteiger partial charge in [-0.15, -0.1) is 0 Å². The van der Waals surface area contributed by atoms with Gasteiger partial charge in [0.15, 0.2) is 9.84 Å². The summed E-state index contributed by atoms with van der Waals surface area (Å²) in [6, 6.07) is 5.85. The Morgan fingerprint density at radius 2 is 2.10 bits per heavy atom. The van der Waals surface area contributed by atoms with Gasteiger partial charge < -0.3 is 9.88 Å². The van der Waals surface area contributed by atoms with E-state index in [1.807, 2.05) is 16.8 Å². The summed E-state index contributed by atoms with van der Waals surface area (Å²) in [7, 11) is -3.16. The molecule has 2 aromatic rings. The number of carbonyl (C=O) groups excluding carboxylic acids is 2. The zero-order valence-corrected chi connectivity index (χ0v) is 16.5. The fourth-order valence-electron chi connectivity index (χ4n) is 3.75. The van der Waals surface area contributed by atoms with E-state index in [9.17, 15) is 22.4 Å². The summed E-state index contributed by atoms with van der Waals surface area (Å²) in [6.45, 7) is 0.836. The molecular weight excluding hydrogens is 399 g/mol. The summed E-state index contributed by atoms with van der Waals surface area (Å²) < 4.78 is 38.6. The number of hydrogen-bond donors (Lipinski definition) is 1. The minimum Gasteiger partial charge on any atom is -0.349 e. The van der Waals surface area contributed by atoms with E-state index in [2.05, 4.69) is 10.4 Å². The molecule has 3 heterocycles. The summed E-state index contributed by atoms with van der Waals surface area (Å²) in [5.41, 5.74) is 1.10. The second kappa shape index (κ2) is 7.58. The Morgan fingerprint density at radius 1 is 1.28 bits per heavy atom. The Labute approximate surface area is 167 Å². The third-order valence-electron chi connectivity index (χ3n) is 5.25. The number of nitrogens with one attached hydrogen (secondary N) is 1. The van der Waals surface area contributed by atoms with Crippen LogP contribution in [0.1, 0.15) is 19.3 Å². The van der Waals surface area contributed by atoms with E-state index < -0.39 is 15.9 Å². The molecule has 0 aliphatic carbocycles. The normalized spacial score (nSPS) is 21.4. The number of hydrogen-bond acceptors (Lipinski definition) is 5. The monoisotopic (exact) mass is 420 g/mol. The molecule has 0 bridgehead atoms. The molecule has 2 amide bonds. The number of benzene rings is 1. The van der Waals surface area contributed by atoms with Crippen LogP contribution in [0.5, 0.6) is 0 Å². The maximum absolute atomic E-state index is 13.3. The van der Waals surface area contributed by atoms with Gasteiger partial charge in [-0.3, -0.25) is 9.59 Å². The van der Waals surface area contributed by atoms with Crippen LogP contribution in [0.2, 0.25) is 0 Å². The van der Waals surface area contributed by atoms with Crippen LogP contribution in [0.3, 0.4) is 0 Å². The Balaban J connectivity index is 1.38. The molecule has 8 nitrogen and oxygen atoms in total. The van der Waals surface area contributed by atoms with Crippen molar-refractivity contribution in [3.63, 3.8) is 0 Å². The van der Waals surface area contributed by atoms with E-state index >= 15 is 0 Å². The van der Waals surface area contributed by atoms with Crippen molar-refractivity contribution < 1.29 is 22.4 Å². The molecule has 1 fully saturated rings. The zero-order valence-electron chi connectivity index (χ0n) is 15.7. The number of nitrogens with zero attached hydrogens (tertiary/aromatic N) is 3. The molecule has 2 aliphatic heterocycles. The van der Waals surface area contributed by atoms with Gasteiger partial charge in [-0.05, 0) is 30.7 Å². The molecule has 1 aromatic carbocycles. The molecular formula is C19H21FN4O4S. The highest BCUT2D eigenvalue weighted by atomic mass is 32.2. The average Bonchev–Trinajstić information content (AvgIpc) is 3.24. The molecule has 1 saturated heterocycles. The number of halogens is 1. The fourth-order valence-corrected chi connectivity index (χ4v) is 5.44. The van der Waals surface area contributed by atoms with Crippen LogP contribution < -0.4 is 5.32 Å². The topological polar surface area (TPSA) is 101 Å². The van der Waals surface area contributed by atoms with Gasteiger partial charge in [-0.25, -0.2) is 17.8 Å². The predicted octanol–water partition coefficient (Wildman–Crippen LogP) is 1.06. The number of amides is 2. The predicted molar refractivity (Wildman–Crippen MR) is 105 cm³/mol. The Bertz CT molecular complexity index is 1110. The highest BCUT2D eigenvalue weighted by Gasteiger charge is 2.37. The fraction of sp³-hybridized carbons (Fsp3) is 0.421. The number of rotatable bonds is 5. The van der Waals surface area contributed by atoms with Gasteiger partial charge in [0.25, 0.3) is 5.91 Å². The number of aromatic nitrogens is 1. The smallest absolute Gasteiger partial charge is 0.267 e. The van der Waals surface area contributed by atoms with Crippen molar-refractivity contribution in [2.45, 2.75) is 31.8 Å². The average molecular weight is 420 g/mol.